The molecule has 22 heavy (non-hydrogen) atoms. The van der Waals surface area contributed by atoms with Gasteiger partial charge in [0.25, 0.3) is 0 Å². The fraction of sp³-hybridized carbons (Fsp3) is 0.375. The first-order chi connectivity index (χ1) is 10.5. The average Bonchev–Trinajstić information content (AvgIpc) is 2.82. The van der Waals surface area contributed by atoms with Crippen LogP contribution in [-0.4, -0.2) is 44.3 Å². The van der Waals surface area contributed by atoms with Gasteiger partial charge in [0.2, 0.25) is 17.2 Å². The molecule has 1 unspecified atom stereocenters. The minimum Gasteiger partial charge on any atom is -0.496 e. The first-order valence-corrected chi connectivity index (χ1v) is 6.77. The molecule has 1 atom stereocenters. The average molecular weight is 304 g/mol. The lowest BCUT2D eigenvalue weighted by molar-refractivity contribution is -0.244. The molecule has 116 valence electrons. The number of fused-ring (bicyclic) bond motifs is 1. The second-order valence-corrected chi connectivity index (χ2v) is 5.14. The van der Waals surface area contributed by atoms with Crippen LogP contribution in [0.5, 0.6) is 11.5 Å². The van der Waals surface area contributed by atoms with Crippen LogP contribution < -0.4 is 9.47 Å². The molecule has 1 aromatic rings. The molecule has 6 nitrogen and oxygen atoms in total. The van der Waals surface area contributed by atoms with Crippen molar-refractivity contribution in [2.45, 2.75) is 17.8 Å². The third-order valence-corrected chi connectivity index (χ3v) is 4.17. The largest absolute Gasteiger partial charge is 0.496 e. The zero-order valence-electron chi connectivity index (χ0n) is 12.5. The number of hydrogen-bond donors (Lipinski definition) is 0. The van der Waals surface area contributed by atoms with E-state index >= 15 is 0 Å². The molecule has 0 saturated carbocycles. The lowest BCUT2D eigenvalue weighted by Gasteiger charge is -2.43. The Labute approximate surface area is 127 Å². The molecule has 6 heteroatoms. The smallest absolute Gasteiger partial charge is 0.237 e. The molecule has 0 aromatic heterocycles. The number of benzene rings is 1. The third-order valence-electron chi connectivity index (χ3n) is 4.17. The predicted octanol–water partition coefficient (Wildman–Crippen LogP) is 1.53. The van der Waals surface area contributed by atoms with E-state index in [1.807, 2.05) is 0 Å². The van der Waals surface area contributed by atoms with Gasteiger partial charge in [-0.1, -0.05) is 6.07 Å². The van der Waals surface area contributed by atoms with Crippen LogP contribution >= 0.6 is 0 Å². The Kier molecular flexibility index (Phi) is 3.30. The van der Waals surface area contributed by atoms with Crippen molar-refractivity contribution in [1.82, 2.24) is 0 Å². The summed E-state index contributed by atoms with van der Waals surface area (Å²) in [6.07, 6.45) is 2.60. The molecule has 2 aliphatic rings. The van der Waals surface area contributed by atoms with Gasteiger partial charge in [0, 0.05) is 14.2 Å². The van der Waals surface area contributed by atoms with Gasteiger partial charge in [0.15, 0.2) is 5.78 Å². The summed E-state index contributed by atoms with van der Waals surface area (Å²) in [6, 6.07) is 5.04. The second-order valence-electron chi connectivity index (χ2n) is 5.14. The number of Topliss-reactive ketones (excluding diaryl/α,β-unsaturated/α-hetero) is 1. The van der Waals surface area contributed by atoms with Crippen LogP contribution in [-0.2, 0) is 14.3 Å². The molecule has 0 fully saturated rings. The number of allylic oxidation sites excluding steroid dienone is 1. The SMILES string of the molecule is COc1cccc2c1C(=O)C1(CC(=O)C=CC1(OC)OC)O2. The molecule has 0 saturated heterocycles. The zero-order chi connectivity index (χ0) is 16.0. The van der Waals surface area contributed by atoms with E-state index in [4.69, 9.17) is 18.9 Å². The maximum absolute atomic E-state index is 13.1. The van der Waals surface area contributed by atoms with E-state index in [0.717, 1.165) is 0 Å². The van der Waals surface area contributed by atoms with Gasteiger partial charge in [-0.3, -0.25) is 9.59 Å². The van der Waals surface area contributed by atoms with Crippen LogP contribution in [0.3, 0.4) is 0 Å². The molecule has 0 radical (unpaired) electrons. The monoisotopic (exact) mass is 304 g/mol. The van der Waals surface area contributed by atoms with Crippen molar-refractivity contribution in [3.05, 3.63) is 35.9 Å². The molecular weight excluding hydrogens is 288 g/mol. The molecule has 3 rings (SSSR count). The number of ether oxygens (including phenoxy) is 4. The highest BCUT2D eigenvalue weighted by molar-refractivity contribution is 6.13. The molecule has 1 aromatic carbocycles. The summed E-state index contributed by atoms with van der Waals surface area (Å²) < 4.78 is 22.0. The Morgan fingerprint density at radius 3 is 2.50 bits per heavy atom. The lowest BCUT2D eigenvalue weighted by atomic mass is 9.78. The molecule has 1 spiro atoms. The molecule has 1 heterocycles. The van der Waals surface area contributed by atoms with Crippen LogP contribution in [0, 0.1) is 0 Å². The van der Waals surface area contributed by atoms with Crippen molar-refractivity contribution < 1.29 is 28.5 Å². The number of carbonyl (C=O) groups is 2. The zero-order valence-corrected chi connectivity index (χ0v) is 12.5. The maximum atomic E-state index is 13.1. The summed E-state index contributed by atoms with van der Waals surface area (Å²) in [7, 11) is 4.28. The predicted molar refractivity (Wildman–Crippen MR) is 76.2 cm³/mol. The highest BCUT2D eigenvalue weighted by Crippen LogP contribution is 2.49. The highest BCUT2D eigenvalue weighted by atomic mass is 16.7. The molecule has 1 aliphatic heterocycles. The van der Waals surface area contributed by atoms with E-state index in [1.54, 1.807) is 18.2 Å². The number of rotatable bonds is 3. The Morgan fingerprint density at radius 1 is 1.14 bits per heavy atom. The quantitative estimate of drug-likeness (QED) is 0.789. The minimum atomic E-state index is -1.58. The molecule has 0 bridgehead atoms. The molecular formula is C16H16O6. The first-order valence-electron chi connectivity index (χ1n) is 6.77. The van der Waals surface area contributed by atoms with E-state index in [1.165, 1.54) is 33.5 Å². The summed E-state index contributed by atoms with van der Waals surface area (Å²) in [6.45, 7) is 0. The van der Waals surface area contributed by atoms with Gasteiger partial charge < -0.3 is 18.9 Å². The van der Waals surface area contributed by atoms with Gasteiger partial charge in [-0.05, 0) is 24.3 Å². The summed E-state index contributed by atoms with van der Waals surface area (Å²) in [5.74, 6) is -1.35. The Hall–Kier alpha value is -2.18. The summed E-state index contributed by atoms with van der Waals surface area (Å²) >= 11 is 0. The summed E-state index contributed by atoms with van der Waals surface area (Å²) in [4.78, 5) is 25.0. The maximum Gasteiger partial charge on any atom is 0.237 e. The fourth-order valence-corrected chi connectivity index (χ4v) is 3.09. The van der Waals surface area contributed by atoms with Crippen LogP contribution in [0.15, 0.2) is 30.4 Å². The van der Waals surface area contributed by atoms with E-state index in [0.29, 0.717) is 17.1 Å². The number of hydrogen-bond acceptors (Lipinski definition) is 6. The van der Waals surface area contributed by atoms with Gasteiger partial charge >= 0.3 is 0 Å². The Balaban J connectivity index is 2.21. The van der Waals surface area contributed by atoms with Crippen molar-refractivity contribution in [1.29, 1.82) is 0 Å². The molecule has 1 aliphatic carbocycles. The van der Waals surface area contributed by atoms with E-state index in [2.05, 4.69) is 0 Å². The summed E-state index contributed by atoms with van der Waals surface area (Å²) in [5.41, 5.74) is -1.29. The second kappa shape index (κ2) is 4.93. The Morgan fingerprint density at radius 2 is 1.86 bits per heavy atom. The third kappa shape index (κ3) is 1.68. The van der Waals surface area contributed by atoms with Crippen molar-refractivity contribution >= 4 is 11.6 Å². The van der Waals surface area contributed by atoms with E-state index in [-0.39, 0.29) is 18.0 Å². The van der Waals surface area contributed by atoms with Crippen molar-refractivity contribution in [2.75, 3.05) is 21.3 Å². The standard InChI is InChI=1S/C16H16O6/c1-19-11-5-4-6-12-13(11)14(18)15(22-12)9-10(17)7-8-16(15,20-2)21-3/h4-8H,9H2,1-3H3. The van der Waals surface area contributed by atoms with Crippen LogP contribution in [0.2, 0.25) is 0 Å². The topological polar surface area (TPSA) is 71.1 Å². The van der Waals surface area contributed by atoms with Crippen molar-refractivity contribution in [3.63, 3.8) is 0 Å². The number of ketones is 2. The number of methoxy groups -OCH3 is 3. The minimum absolute atomic E-state index is 0.165. The van der Waals surface area contributed by atoms with Crippen LogP contribution in [0.4, 0.5) is 0 Å². The van der Waals surface area contributed by atoms with Crippen LogP contribution in [0.1, 0.15) is 16.8 Å². The van der Waals surface area contributed by atoms with Gasteiger partial charge in [0.1, 0.15) is 17.1 Å². The first kappa shape index (κ1) is 14.7. The van der Waals surface area contributed by atoms with Gasteiger partial charge in [0.05, 0.1) is 13.5 Å². The van der Waals surface area contributed by atoms with Crippen molar-refractivity contribution in [3.8, 4) is 11.5 Å². The van der Waals surface area contributed by atoms with E-state index in [9.17, 15) is 9.59 Å². The van der Waals surface area contributed by atoms with Crippen molar-refractivity contribution in [2.24, 2.45) is 0 Å². The molecule has 0 N–H and O–H groups in total. The van der Waals surface area contributed by atoms with Gasteiger partial charge in [-0.25, -0.2) is 0 Å². The van der Waals surface area contributed by atoms with Gasteiger partial charge in [-0.15, -0.1) is 0 Å². The van der Waals surface area contributed by atoms with E-state index < -0.39 is 11.4 Å². The summed E-state index contributed by atoms with van der Waals surface area (Å²) in [5, 5.41) is 0. The normalized spacial score (nSPS) is 25.2. The molecule has 0 amide bonds. The Bertz CT molecular complexity index is 673. The lowest BCUT2D eigenvalue weighted by Crippen LogP contribution is -2.64. The number of carbonyl (C=O) groups excluding carboxylic acids is 2. The van der Waals surface area contributed by atoms with Crippen LogP contribution in [0.25, 0.3) is 0 Å². The van der Waals surface area contributed by atoms with Gasteiger partial charge in [-0.2, -0.15) is 0 Å². The fourth-order valence-electron chi connectivity index (χ4n) is 3.09. The highest BCUT2D eigenvalue weighted by Gasteiger charge is 2.65.